The number of nitrogens with zero attached hydrogens (tertiary/aromatic N) is 3. The van der Waals surface area contributed by atoms with Crippen molar-refractivity contribution in [2.24, 2.45) is 17.1 Å². The summed E-state index contributed by atoms with van der Waals surface area (Å²) in [7, 11) is 0. The van der Waals surface area contributed by atoms with E-state index in [0.29, 0.717) is 17.5 Å². The van der Waals surface area contributed by atoms with Gasteiger partial charge in [0.25, 0.3) is 5.91 Å². The molecule has 2 saturated heterocycles. The second-order valence-corrected chi connectivity index (χ2v) is 8.67. The molecule has 2 amide bonds. The van der Waals surface area contributed by atoms with Crippen LogP contribution in [0.15, 0.2) is 10.6 Å². The van der Waals surface area contributed by atoms with Crippen LogP contribution in [0.1, 0.15) is 61.2 Å². The van der Waals surface area contributed by atoms with Gasteiger partial charge in [-0.05, 0) is 58.0 Å². The molecule has 0 atom stereocenters. The van der Waals surface area contributed by atoms with Crippen molar-refractivity contribution in [3.8, 4) is 0 Å². The van der Waals surface area contributed by atoms with Crippen LogP contribution >= 0.6 is 0 Å². The number of carbonyl (C=O) groups is 2. The van der Waals surface area contributed by atoms with Crippen LogP contribution in [0.4, 0.5) is 0 Å². The van der Waals surface area contributed by atoms with Gasteiger partial charge in [0, 0.05) is 25.2 Å². The van der Waals surface area contributed by atoms with E-state index in [1.165, 1.54) is 12.8 Å². The standard InChI is InChI=1S/C20H30N4O3/c1-14-12-17(22-27-14)18(25)24-8-4-16(5-9-24)23-10-6-20(7-11-23,19(21)26)13-15-2-3-15/h12,15-16H,2-11,13H2,1H3,(H2,21,26). The van der Waals surface area contributed by atoms with Crippen molar-refractivity contribution >= 4 is 11.8 Å². The van der Waals surface area contributed by atoms with Crippen molar-refractivity contribution in [2.75, 3.05) is 26.2 Å². The van der Waals surface area contributed by atoms with Gasteiger partial charge in [0.05, 0.1) is 5.41 Å². The summed E-state index contributed by atoms with van der Waals surface area (Å²) in [5.74, 6) is 1.24. The first kappa shape index (κ1) is 18.5. The van der Waals surface area contributed by atoms with Gasteiger partial charge >= 0.3 is 0 Å². The number of aryl methyl sites for hydroxylation is 1. The topological polar surface area (TPSA) is 92.7 Å². The third kappa shape index (κ3) is 3.88. The summed E-state index contributed by atoms with van der Waals surface area (Å²) in [5.41, 5.74) is 5.92. The van der Waals surface area contributed by atoms with Gasteiger partial charge in [-0.3, -0.25) is 9.59 Å². The van der Waals surface area contributed by atoms with E-state index >= 15 is 0 Å². The maximum Gasteiger partial charge on any atom is 0.276 e. The molecule has 27 heavy (non-hydrogen) atoms. The third-order valence-corrected chi connectivity index (χ3v) is 6.77. The van der Waals surface area contributed by atoms with E-state index in [9.17, 15) is 9.59 Å². The maximum atomic E-state index is 12.5. The zero-order valence-corrected chi connectivity index (χ0v) is 16.2. The van der Waals surface area contributed by atoms with E-state index < -0.39 is 0 Å². The fourth-order valence-corrected chi connectivity index (χ4v) is 4.81. The Balaban J connectivity index is 1.29. The Morgan fingerprint density at radius 3 is 2.37 bits per heavy atom. The van der Waals surface area contributed by atoms with Crippen LogP contribution in [0.25, 0.3) is 0 Å². The summed E-state index contributed by atoms with van der Waals surface area (Å²) >= 11 is 0. The van der Waals surface area contributed by atoms with E-state index in [1.807, 2.05) is 4.90 Å². The van der Waals surface area contributed by atoms with Crippen LogP contribution in [0.3, 0.4) is 0 Å². The smallest absolute Gasteiger partial charge is 0.276 e. The lowest BCUT2D eigenvalue weighted by Gasteiger charge is -2.45. The second kappa shape index (κ2) is 7.26. The monoisotopic (exact) mass is 374 g/mol. The lowest BCUT2D eigenvalue weighted by Crippen LogP contribution is -2.53. The summed E-state index contributed by atoms with van der Waals surface area (Å²) in [6.45, 7) is 5.17. The van der Waals surface area contributed by atoms with Gasteiger partial charge in [0.2, 0.25) is 5.91 Å². The number of nitrogens with two attached hydrogens (primary N) is 1. The molecule has 0 spiro atoms. The lowest BCUT2D eigenvalue weighted by molar-refractivity contribution is -0.132. The number of rotatable bonds is 5. The Morgan fingerprint density at radius 1 is 1.19 bits per heavy atom. The van der Waals surface area contributed by atoms with Crippen LogP contribution in [0.2, 0.25) is 0 Å². The van der Waals surface area contributed by atoms with Crippen LogP contribution < -0.4 is 5.73 Å². The first-order valence-electron chi connectivity index (χ1n) is 10.2. The molecule has 3 fully saturated rings. The number of likely N-dealkylation sites (tertiary alicyclic amines) is 2. The summed E-state index contributed by atoms with van der Waals surface area (Å²) < 4.78 is 5.02. The van der Waals surface area contributed by atoms with Crippen molar-refractivity contribution < 1.29 is 14.1 Å². The molecule has 2 N–H and O–H groups in total. The fraction of sp³-hybridized carbons (Fsp3) is 0.750. The number of piperidine rings is 2. The molecule has 3 heterocycles. The summed E-state index contributed by atoms with van der Waals surface area (Å²) in [6, 6.07) is 2.18. The molecule has 1 aliphatic carbocycles. The zero-order chi connectivity index (χ0) is 19.0. The number of aromatic nitrogens is 1. The van der Waals surface area contributed by atoms with Crippen molar-refractivity contribution in [1.29, 1.82) is 0 Å². The van der Waals surface area contributed by atoms with Gasteiger partial charge in [-0.15, -0.1) is 0 Å². The van der Waals surface area contributed by atoms with Gasteiger partial charge in [-0.25, -0.2) is 0 Å². The van der Waals surface area contributed by atoms with E-state index in [-0.39, 0.29) is 17.2 Å². The molecule has 7 nitrogen and oxygen atoms in total. The molecule has 1 saturated carbocycles. The summed E-state index contributed by atoms with van der Waals surface area (Å²) in [4.78, 5) is 29.0. The molecule has 2 aliphatic heterocycles. The Bertz CT molecular complexity index is 696. The van der Waals surface area contributed by atoms with Crippen molar-refractivity contribution in [2.45, 2.75) is 57.9 Å². The van der Waals surface area contributed by atoms with E-state index in [0.717, 1.165) is 64.2 Å². The molecule has 0 unspecified atom stereocenters. The minimum absolute atomic E-state index is 0.0406. The normalized spacial score (nSPS) is 24.1. The van der Waals surface area contributed by atoms with Crippen molar-refractivity contribution in [3.05, 3.63) is 17.5 Å². The lowest BCUT2D eigenvalue weighted by atomic mass is 9.73. The van der Waals surface area contributed by atoms with Crippen LogP contribution in [-0.2, 0) is 4.79 Å². The first-order chi connectivity index (χ1) is 13.0. The number of hydrogen-bond acceptors (Lipinski definition) is 5. The quantitative estimate of drug-likeness (QED) is 0.850. The van der Waals surface area contributed by atoms with Crippen LogP contribution in [0.5, 0.6) is 0 Å². The van der Waals surface area contributed by atoms with Gasteiger partial charge < -0.3 is 20.1 Å². The molecule has 1 aromatic heterocycles. The van der Waals surface area contributed by atoms with Crippen molar-refractivity contribution in [3.63, 3.8) is 0 Å². The number of carbonyl (C=O) groups excluding carboxylic acids is 2. The van der Waals surface area contributed by atoms with E-state index in [2.05, 4.69) is 10.1 Å². The van der Waals surface area contributed by atoms with Gasteiger partial charge in [-0.2, -0.15) is 0 Å². The maximum absolute atomic E-state index is 12.5. The molecular formula is C20H30N4O3. The first-order valence-corrected chi connectivity index (χ1v) is 10.2. The van der Waals surface area contributed by atoms with Crippen LogP contribution in [0, 0.1) is 18.3 Å². The molecule has 0 bridgehead atoms. The fourth-order valence-electron chi connectivity index (χ4n) is 4.81. The molecule has 4 rings (SSSR count). The summed E-state index contributed by atoms with van der Waals surface area (Å²) in [6.07, 6.45) is 7.21. The van der Waals surface area contributed by atoms with Gasteiger partial charge in [-0.1, -0.05) is 18.0 Å². The molecule has 148 valence electrons. The summed E-state index contributed by atoms with van der Waals surface area (Å²) in [5, 5.41) is 3.84. The molecule has 0 radical (unpaired) electrons. The molecule has 7 heteroatoms. The Kier molecular flexibility index (Phi) is 4.97. The largest absolute Gasteiger partial charge is 0.369 e. The number of primary amides is 1. The Morgan fingerprint density at radius 2 is 1.85 bits per heavy atom. The van der Waals surface area contributed by atoms with E-state index in [1.54, 1.807) is 13.0 Å². The predicted molar refractivity (Wildman–Crippen MR) is 99.9 cm³/mol. The average Bonchev–Trinajstić information content (AvgIpc) is 3.38. The molecule has 1 aromatic rings. The van der Waals surface area contributed by atoms with Gasteiger partial charge in [0.15, 0.2) is 5.69 Å². The predicted octanol–water partition coefficient (Wildman–Crippen LogP) is 1.96. The number of hydrogen-bond donors (Lipinski definition) is 1. The van der Waals surface area contributed by atoms with Crippen molar-refractivity contribution in [1.82, 2.24) is 15.0 Å². The van der Waals surface area contributed by atoms with Gasteiger partial charge in [0.1, 0.15) is 5.76 Å². The SMILES string of the molecule is Cc1cc(C(=O)N2CCC(N3CCC(CC4CC4)(C(N)=O)CC3)CC2)no1. The second-order valence-electron chi connectivity index (χ2n) is 8.67. The minimum Gasteiger partial charge on any atom is -0.369 e. The average molecular weight is 374 g/mol. The highest BCUT2D eigenvalue weighted by atomic mass is 16.5. The van der Waals surface area contributed by atoms with E-state index in [4.69, 9.17) is 10.3 Å². The highest BCUT2D eigenvalue weighted by Crippen LogP contribution is 2.46. The molecular weight excluding hydrogens is 344 g/mol. The molecule has 3 aliphatic rings. The highest BCUT2D eigenvalue weighted by molar-refractivity contribution is 5.92. The van der Waals surface area contributed by atoms with Crippen LogP contribution in [-0.4, -0.2) is 59.0 Å². The Hall–Kier alpha value is -1.89. The zero-order valence-electron chi connectivity index (χ0n) is 16.2. The Labute approximate surface area is 160 Å². The highest BCUT2D eigenvalue weighted by Gasteiger charge is 2.44. The number of amides is 2. The molecule has 0 aromatic carbocycles. The third-order valence-electron chi connectivity index (χ3n) is 6.77. The minimum atomic E-state index is -0.279.